The predicted octanol–water partition coefficient (Wildman–Crippen LogP) is 1.99. The number of rotatable bonds is 8. The third kappa shape index (κ3) is 4.57. The summed E-state index contributed by atoms with van der Waals surface area (Å²) >= 11 is 0. The van der Waals surface area contributed by atoms with Gasteiger partial charge in [0.2, 0.25) is 0 Å². The normalized spacial score (nSPS) is 21.0. The second kappa shape index (κ2) is 7.34. The van der Waals surface area contributed by atoms with Crippen LogP contribution in [0.5, 0.6) is 0 Å². The molecule has 102 valence electrons. The molecule has 0 aromatic carbocycles. The summed E-state index contributed by atoms with van der Waals surface area (Å²) in [5.74, 6) is 0. The van der Waals surface area contributed by atoms with Gasteiger partial charge in [0.25, 0.3) is 0 Å². The molecule has 1 aliphatic rings. The molecule has 1 atom stereocenters. The Labute approximate surface area is 106 Å². The van der Waals surface area contributed by atoms with E-state index in [4.69, 9.17) is 5.73 Å². The Morgan fingerprint density at radius 3 is 2.47 bits per heavy atom. The smallest absolute Gasteiger partial charge is 0.0558 e. The zero-order valence-corrected chi connectivity index (χ0v) is 11.6. The molecule has 0 amide bonds. The molecule has 1 unspecified atom stereocenters. The standard InChI is InChI=1S/C14H30N2O/c1-3-8-14(2,11-15)12-16(9-10-17)13-6-4-5-7-13/h13,17H,3-12,15H2,1-2H3. The molecule has 0 aromatic heterocycles. The van der Waals surface area contributed by atoms with Crippen molar-refractivity contribution in [3.05, 3.63) is 0 Å². The Balaban J connectivity index is 2.56. The first kappa shape index (κ1) is 14.9. The van der Waals surface area contributed by atoms with Gasteiger partial charge in [0.05, 0.1) is 6.61 Å². The van der Waals surface area contributed by atoms with Gasteiger partial charge in [-0.3, -0.25) is 4.90 Å². The van der Waals surface area contributed by atoms with Crippen molar-refractivity contribution >= 4 is 0 Å². The summed E-state index contributed by atoms with van der Waals surface area (Å²) in [6, 6.07) is 0.685. The molecule has 1 aliphatic carbocycles. The highest BCUT2D eigenvalue weighted by atomic mass is 16.3. The predicted molar refractivity (Wildman–Crippen MR) is 73.0 cm³/mol. The summed E-state index contributed by atoms with van der Waals surface area (Å²) in [5.41, 5.74) is 6.16. The Bertz CT molecular complexity index is 204. The molecule has 0 radical (unpaired) electrons. The molecule has 0 aliphatic heterocycles. The number of aliphatic hydroxyl groups excluding tert-OH is 1. The summed E-state index contributed by atoms with van der Waals surface area (Å²) < 4.78 is 0. The third-order valence-electron chi connectivity index (χ3n) is 4.16. The molecule has 0 saturated heterocycles. The van der Waals surface area contributed by atoms with Crippen molar-refractivity contribution in [1.29, 1.82) is 0 Å². The highest BCUT2D eigenvalue weighted by molar-refractivity contribution is 4.84. The Kier molecular flexibility index (Phi) is 6.45. The van der Waals surface area contributed by atoms with Gasteiger partial charge < -0.3 is 10.8 Å². The molecule has 0 heterocycles. The van der Waals surface area contributed by atoms with Gasteiger partial charge in [0, 0.05) is 19.1 Å². The van der Waals surface area contributed by atoms with Gasteiger partial charge in [-0.25, -0.2) is 0 Å². The first-order valence-electron chi connectivity index (χ1n) is 7.20. The molecule has 0 aromatic rings. The van der Waals surface area contributed by atoms with Gasteiger partial charge in [0.1, 0.15) is 0 Å². The van der Waals surface area contributed by atoms with E-state index >= 15 is 0 Å². The zero-order valence-electron chi connectivity index (χ0n) is 11.6. The van der Waals surface area contributed by atoms with E-state index < -0.39 is 0 Å². The van der Waals surface area contributed by atoms with Crippen LogP contribution >= 0.6 is 0 Å². The lowest BCUT2D eigenvalue weighted by molar-refractivity contribution is 0.0946. The van der Waals surface area contributed by atoms with Crippen LogP contribution in [0.1, 0.15) is 52.4 Å². The number of aliphatic hydroxyl groups is 1. The Morgan fingerprint density at radius 1 is 1.35 bits per heavy atom. The second-order valence-corrected chi connectivity index (χ2v) is 5.90. The second-order valence-electron chi connectivity index (χ2n) is 5.90. The minimum atomic E-state index is 0.215. The first-order chi connectivity index (χ1) is 8.15. The number of nitrogens with two attached hydrogens (primary N) is 1. The van der Waals surface area contributed by atoms with Crippen molar-refractivity contribution in [3.8, 4) is 0 Å². The van der Waals surface area contributed by atoms with Crippen LogP contribution < -0.4 is 5.73 Å². The van der Waals surface area contributed by atoms with Crippen LogP contribution in [0, 0.1) is 5.41 Å². The van der Waals surface area contributed by atoms with Crippen molar-refractivity contribution in [2.75, 3.05) is 26.2 Å². The Hall–Kier alpha value is -0.120. The molecule has 1 rings (SSSR count). The van der Waals surface area contributed by atoms with E-state index in [1.54, 1.807) is 0 Å². The zero-order chi connectivity index (χ0) is 12.7. The molecule has 1 saturated carbocycles. The molecular formula is C14H30N2O. The highest BCUT2D eigenvalue weighted by Gasteiger charge is 2.29. The molecule has 1 fully saturated rings. The topological polar surface area (TPSA) is 49.5 Å². The molecule has 3 N–H and O–H groups in total. The Morgan fingerprint density at radius 2 is 2.00 bits per heavy atom. The quantitative estimate of drug-likeness (QED) is 0.684. The minimum absolute atomic E-state index is 0.215. The van der Waals surface area contributed by atoms with Crippen LogP contribution in [0.15, 0.2) is 0 Å². The minimum Gasteiger partial charge on any atom is -0.395 e. The van der Waals surface area contributed by atoms with Crippen molar-refractivity contribution in [1.82, 2.24) is 4.90 Å². The van der Waals surface area contributed by atoms with Crippen LogP contribution in [-0.2, 0) is 0 Å². The average molecular weight is 242 g/mol. The van der Waals surface area contributed by atoms with Gasteiger partial charge in [-0.15, -0.1) is 0 Å². The van der Waals surface area contributed by atoms with Crippen LogP contribution in [0.25, 0.3) is 0 Å². The SMILES string of the molecule is CCCC(C)(CN)CN(CCO)C1CCCC1. The fraction of sp³-hybridized carbons (Fsp3) is 1.00. The molecule has 17 heavy (non-hydrogen) atoms. The summed E-state index contributed by atoms with van der Waals surface area (Å²) in [6.45, 7) is 7.38. The lowest BCUT2D eigenvalue weighted by Crippen LogP contribution is -2.45. The van der Waals surface area contributed by atoms with E-state index in [2.05, 4.69) is 18.7 Å². The van der Waals surface area contributed by atoms with E-state index in [0.717, 1.165) is 19.6 Å². The molecule has 3 heteroatoms. The lowest BCUT2D eigenvalue weighted by atomic mass is 9.84. The molecule has 0 spiro atoms. The van der Waals surface area contributed by atoms with E-state index in [9.17, 15) is 5.11 Å². The largest absolute Gasteiger partial charge is 0.395 e. The highest BCUT2D eigenvalue weighted by Crippen LogP contribution is 2.29. The van der Waals surface area contributed by atoms with Gasteiger partial charge in [0.15, 0.2) is 0 Å². The van der Waals surface area contributed by atoms with Crippen LogP contribution in [0.2, 0.25) is 0 Å². The van der Waals surface area contributed by atoms with Crippen molar-refractivity contribution in [3.63, 3.8) is 0 Å². The summed E-state index contributed by atoms with van der Waals surface area (Å²) in [4.78, 5) is 2.48. The number of hydrogen-bond donors (Lipinski definition) is 2. The summed E-state index contributed by atoms with van der Waals surface area (Å²) in [5, 5.41) is 9.22. The average Bonchev–Trinajstić information content (AvgIpc) is 2.82. The third-order valence-corrected chi connectivity index (χ3v) is 4.16. The van der Waals surface area contributed by atoms with Gasteiger partial charge in [-0.1, -0.05) is 33.1 Å². The summed E-state index contributed by atoms with van der Waals surface area (Å²) in [7, 11) is 0. The first-order valence-corrected chi connectivity index (χ1v) is 7.20. The van der Waals surface area contributed by atoms with Gasteiger partial charge in [-0.2, -0.15) is 0 Å². The fourth-order valence-electron chi connectivity index (χ4n) is 3.13. The van der Waals surface area contributed by atoms with Crippen molar-refractivity contribution < 1.29 is 5.11 Å². The van der Waals surface area contributed by atoms with Crippen LogP contribution in [0.4, 0.5) is 0 Å². The van der Waals surface area contributed by atoms with E-state index in [0.29, 0.717) is 6.04 Å². The van der Waals surface area contributed by atoms with E-state index in [-0.39, 0.29) is 12.0 Å². The molecule has 0 bridgehead atoms. The van der Waals surface area contributed by atoms with E-state index in [1.807, 2.05) is 0 Å². The number of hydrogen-bond acceptors (Lipinski definition) is 3. The van der Waals surface area contributed by atoms with Gasteiger partial charge in [-0.05, 0) is 31.2 Å². The fourth-order valence-corrected chi connectivity index (χ4v) is 3.13. The van der Waals surface area contributed by atoms with Crippen molar-refractivity contribution in [2.24, 2.45) is 11.1 Å². The van der Waals surface area contributed by atoms with Crippen molar-refractivity contribution in [2.45, 2.75) is 58.4 Å². The van der Waals surface area contributed by atoms with Gasteiger partial charge >= 0.3 is 0 Å². The lowest BCUT2D eigenvalue weighted by Gasteiger charge is -2.37. The monoisotopic (exact) mass is 242 g/mol. The summed E-state index contributed by atoms with van der Waals surface area (Å²) in [6.07, 6.45) is 7.66. The maximum absolute atomic E-state index is 9.22. The molecular weight excluding hydrogens is 212 g/mol. The maximum Gasteiger partial charge on any atom is 0.0558 e. The number of nitrogens with zero attached hydrogens (tertiary/aromatic N) is 1. The maximum atomic E-state index is 9.22. The van der Waals surface area contributed by atoms with Crippen LogP contribution in [0.3, 0.4) is 0 Å². The molecule has 3 nitrogen and oxygen atoms in total. The van der Waals surface area contributed by atoms with Crippen LogP contribution in [-0.4, -0.2) is 42.3 Å². The van der Waals surface area contributed by atoms with E-state index in [1.165, 1.54) is 38.5 Å².